The van der Waals surface area contributed by atoms with Gasteiger partial charge in [0.05, 0.1) is 28.0 Å². The Balaban J connectivity index is 0.000000130. The number of aromatic nitrogens is 7. The number of benzene rings is 14. The number of para-hydroxylation sites is 3. The predicted molar refractivity (Wildman–Crippen MR) is 542 cm³/mol. The third-order valence-electron chi connectivity index (χ3n) is 25.1. The Bertz CT molecular complexity index is 7850. The fraction of sp³-hybridized carbons (Fsp3) is 0.157. The van der Waals surface area contributed by atoms with Crippen LogP contribution in [0.2, 0.25) is 0 Å². The van der Waals surface area contributed by atoms with Gasteiger partial charge in [-0.05, 0) is 180 Å². The molecule has 1 fully saturated rings. The maximum absolute atomic E-state index is 12.5. The van der Waals surface area contributed by atoms with Gasteiger partial charge in [0.1, 0.15) is 30.5 Å². The van der Waals surface area contributed by atoms with Crippen molar-refractivity contribution in [1.29, 1.82) is 0 Å². The average molecular weight is 2350 g/mol. The summed E-state index contributed by atoms with van der Waals surface area (Å²) >= 11 is 0. The molecule has 0 bridgehead atoms. The molecular formula is C121H103F3Ir3N7O4. The number of rotatable bonds is 7. The van der Waals surface area contributed by atoms with E-state index < -0.39 is 11.7 Å². The molecule has 0 saturated heterocycles. The van der Waals surface area contributed by atoms with Crippen LogP contribution < -0.4 is 9.13 Å². The van der Waals surface area contributed by atoms with Crippen LogP contribution in [0.25, 0.3) is 144 Å². The fourth-order valence-corrected chi connectivity index (χ4v) is 19.0. The van der Waals surface area contributed by atoms with Crippen molar-refractivity contribution in [2.45, 2.75) is 126 Å². The van der Waals surface area contributed by atoms with E-state index >= 15 is 0 Å². The number of ketones is 2. The molecule has 8 heterocycles. The molecule has 24 rings (SSSR count). The number of nitrogens with zero attached hydrogens (tertiary/aromatic N) is 7. The number of carbonyl (C=O) groups excluding carboxylic acids is 2. The maximum Gasteiger partial charge on any atom is 3.00 e. The Morgan fingerprint density at radius 2 is 1.14 bits per heavy atom. The molecule has 0 spiro atoms. The summed E-state index contributed by atoms with van der Waals surface area (Å²) in [4.78, 5) is 33.5. The van der Waals surface area contributed by atoms with Gasteiger partial charge >= 0.3 is 26.3 Å². The second kappa shape index (κ2) is 44.3. The molecule has 694 valence electrons. The summed E-state index contributed by atoms with van der Waals surface area (Å²) in [7, 11) is 0. The first-order valence-corrected chi connectivity index (χ1v) is 45.6. The van der Waals surface area contributed by atoms with E-state index in [0.29, 0.717) is 17.2 Å². The molecule has 14 aromatic carbocycles. The molecule has 2 N–H and O–H groups in total. The molecule has 0 amide bonds. The third kappa shape index (κ3) is 21.7. The van der Waals surface area contributed by atoms with Gasteiger partial charge in [0.2, 0.25) is 0 Å². The zero-order valence-electron chi connectivity index (χ0n) is 78.3. The molecule has 4 aliphatic rings. The average Bonchev–Trinajstić information content (AvgIpc) is 1.53. The first-order valence-electron chi connectivity index (χ1n) is 45.6. The quantitative estimate of drug-likeness (QED) is 0.0534. The Morgan fingerprint density at radius 3 is 1.84 bits per heavy atom. The molecular weight excluding hydrogens is 2250 g/mol. The van der Waals surface area contributed by atoms with Crippen LogP contribution >= 0.6 is 0 Å². The van der Waals surface area contributed by atoms with Crippen LogP contribution in [-0.4, -0.2) is 45.7 Å². The normalized spacial score (nSPS) is 13.2. The van der Waals surface area contributed by atoms with Gasteiger partial charge < -0.3 is 26.6 Å². The number of pyridine rings is 4. The molecule has 6 aromatic heterocycles. The van der Waals surface area contributed by atoms with Crippen molar-refractivity contribution in [2.24, 2.45) is 0 Å². The second-order valence-corrected chi connectivity index (χ2v) is 35.2. The van der Waals surface area contributed by atoms with Crippen molar-refractivity contribution < 1.29 is 102 Å². The van der Waals surface area contributed by atoms with Crippen LogP contribution in [0.1, 0.15) is 129 Å². The molecule has 1 saturated carbocycles. The number of hydrogen-bond acceptors (Lipinski definition) is 7. The smallest absolute Gasteiger partial charge is 0.512 e. The summed E-state index contributed by atoms with van der Waals surface area (Å²) in [6.45, 7) is 20.9. The minimum atomic E-state index is -4.34. The van der Waals surface area contributed by atoms with Gasteiger partial charge in [0.25, 0.3) is 11.5 Å². The van der Waals surface area contributed by atoms with Crippen molar-refractivity contribution in [3.8, 4) is 62.1 Å². The monoisotopic (exact) mass is 2350 g/mol. The number of allylic oxidation sites excluding steroid dienone is 4. The minimum Gasteiger partial charge on any atom is -0.512 e. The van der Waals surface area contributed by atoms with Crippen molar-refractivity contribution in [2.75, 3.05) is 0 Å². The molecule has 2 radical (unpaired) electrons. The van der Waals surface area contributed by atoms with Gasteiger partial charge in [0.15, 0.2) is 28.3 Å². The number of aliphatic hydroxyl groups is 2. The number of halogens is 3. The largest absolute Gasteiger partial charge is 3.00 e. The van der Waals surface area contributed by atoms with Gasteiger partial charge in [-0.15, -0.1) is 101 Å². The number of alkyl halides is 3. The zero-order valence-corrected chi connectivity index (χ0v) is 85.5. The summed E-state index contributed by atoms with van der Waals surface area (Å²) in [6, 6.07) is 120. The standard InChI is InChI=1S/C25H21N2.C24H17N2.C18H14N.C16H9F3N.C15H10N.C13H16.2C5H8O2.3Ir/c1-15-10-11-21-20(12-15)19-9-5-8-18-13-26-14-22(27(21)25(26)24(18)19)23-16(2)6-4-7-17(23)3;1-3-11-19-17(8-1)10-7-15-21(19)26-23-14-6-5-13-22(23)25-16-18-9-2-4-12-20(18)24(25)26;1-18(2)14-8-4-3-7-13(14)17-16-12(10-11-19-17)6-5-9-15(16)18;17-16(18,19)13-8-5-12(6-9-13)15-10-7-11-3-1-2-4-14(11)20-15;1-2-7-13(8-3-1)15-14-9-5-4-6-12(14)10-11-16-15;1-11-7-9-13(10-8-11)12-5-3-2-4-6-12;2*1-4(6)3-5(2)7;;;/h4-12,14H,13H2,1-3H3;1-15H,16H2;3-6,8-11H,1-2H3;1-5,7-10H;1-7,9-11H;5,7-9,12H,2-4,6H2,1H3;2*3,6H,1-2H3;;;/q2*+1;3*-1;-2;;;;;+3. The molecule has 17 heteroatoms. The van der Waals surface area contributed by atoms with Crippen LogP contribution in [0.4, 0.5) is 13.2 Å². The molecule has 1 unspecified atom stereocenters. The van der Waals surface area contributed by atoms with Gasteiger partial charge in [-0.1, -0.05) is 228 Å². The molecule has 11 nitrogen and oxygen atoms in total. The van der Waals surface area contributed by atoms with Crippen LogP contribution in [0.15, 0.2) is 358 Å². The van der Waals surface area contributed by atoms with Gasteiger partial charge in [-0.25, -0.2) is 9.13 Å². The summed E-state index contributed by atoms with van der Waals surface area (Å²) in [5.74, 6) is 1.83. The Kier molecular flexibility index (Phi) is 32.2. The van der Waals surface area contributed by atoms with Crippen molar-refractivity contribution in [1.82, 2.24) is 23.9 Å². The van der Waals surface area contributed by atoms with Crippen LogP contribution in [0.3, 0.4) is 0 Å². The zero-order chi connectivity index (χ0) is 94.2. The molecule has 2 aliphatic heterocycles. The molecule has 1 atom stereocenters. The summed E-state index contributed by atoms with van der Waals surface area (Å²) in [5, 5.41) is 29.3. The molecule has 2 aliphatic carbocycles. The number of hydrogen-bond donors (Lipinski definition) is 2. The van der Waals surface area contributed by atoms with E-state index in [0.717, 1.165) is 58.6 Å². The Hall–Kier alpha value is -13.6. The summed E-state index contributed by atoms with van der Waals surface area (Å²) in [6.07, 6.45) is 11.9. The van der Waals surface area contributed by atoms with E-state index in [9.17, 15) is 22.8 Å². The van der Waals surface area contributed by atoms with Gasteiger partial charge in [-0.2, -0.15) is 69.9 Å². The first kappa shape index (κ1) is 100. The first-order chi connectivity index (χ1) is 65.3. The third-order valence-corrected chi connectivity index (χ3v) is 25.1. The Labute approximate surface area is 844 Å². The predicted octanol–water partition coefficient (Wildman–Crippen LogP) is 29.1. The number of imidazole rings is 2. The molecule has 138 heavy (non-hydrogen) atoms. The topological polar surface area (TPSA) is 130 Å². The van der Waals surface area contributed by atoms with Crippen molar-refractivity contribution >= 4 is 93.1 Å². The van der Waals surface area contributed by atoms with E-state index in [4.69, 9.17) is 10.2 Å². The van der Waals surface area contributed by atoms with Crippen molar-refractivity contribution in [3.05, 3.63) is 444 Å². The van der Waals surface area contributed by atoms with Gasteiger partial charge in [-0.3, -0.25) is 14.6 Å². The van der Waals surface area contributed by atoms with E-state index in [1.54, 1.807) is 6.07 Å². The summed E-state index contributed by atoms with van der Waals surface area (Å²) in [5.41, 5.74) is 28.0. The number of fused-ring (bicyclic) bond motifs is 13. The number of aliphatic hydroxyl groups excluding tert-OH is 2. The van der Waals surface area contributed by atoms with E-state index in [-0.39, 0.29) is 88.8 Å². The Morgan fingerprint density at radius 1 is 0.522 bits per heavy atom. The van der Waals surface area contributed by atoms with E-state index in [2.05, 4.69) is 324 Å². The maximum atomic E-state index is 12.5. The van der Waals surface area contributed by atoms with Crippen molar-refractivity contribution in [3.63, 3.8) is 0 Å². The van der Waals surface area contributed by atoms with Crippen LogP contribution in [-0.2, 0) is 94.6 Å². The van der Waals surface area contributed by atoms with Gasteiger partial charge in [0, 0.05) is 97.6 Å². The summed E-state index contributed by atoms with van der Waals surface area (Å²) < 4.78 is 47.3. The number of carbonyl (C=O) groups is 2. The SMILES string of the molecule is CC(=O)C=C(C)O.CC(=O)C=C(C)O.CC1(C)c2ccc[c-]c2-c2nccc3cccc1c23.Cc1c[c-]c(C2[CH-]CCCC2)cc1.Cc1ccc2c(c1)c1cccc3c1c1n2c(-c2c(C)cccc2C)c[n+]1C3.FC(F)(F)c1c[c-]c(-c2ccc3ccccc3n2)cc1.[Ir+3].[Ir].[Ir].[c-]1ccccc1-c1nccc2ccccc12.c1ccc2c(c1)C[n+]1c-2n(-c2cccc3ccccc23)c2ccccc21. The van der Waals surface area contributed by atoms with E-state index in [1.165, 1.54) is 221 Å². The number of aryl methyl sites for hydroxylation is 4. The van der Waals surface area contributed by atoms with Crippen LogP contribution in [0.5, 0.6) is 0 Å². The van der Waals surface area contributed by atoms with E-state index in [1.807, 2.05) is 91.3 Å². The van der Waals surface area contributed by atoms with Crippen LogP contribution in [0, 0.1) is 58.4 Å². The second-order valence-electron chi connectivity index (χ2n) is 35.2. The minimum absolute atomic E-state index is 0. The fourth-order valence-electron chi connectivity index (χ4n) is 19.0. The molecule has 20 aromatic rings.